The number of nitrogens with zero attached hydrogens (tertiary/aromatic N) is 6. The average molecular weight is 552 g/mol. The van der Waals surface area contributed by atoms with Gasteiger partial charge in [-0.2, -0.15) is 13.8 Å². The van der Waals surface area contributed by atoms with Crippen LogP contribution in [0.4, 0.5) is 25.3 Å². The van der Waals surface area contributed by atoms with Gasteiger partial charge in [0.1, 0.15) is 17.1 Å². The van der Waals surface area contributed by atoms with Gasteiger partial charge in [0.05, 0.1) is 6.54 Å². The van der Waals surface area contributed by atoms with Crippen LogP contribution in [0.25, 0.3) is 0 Å². The number of aromatic nitrogens is 2. The van der Waals surface area contributed by atoms with Crippen molar-refractivity contribution in [2.24, 2.45) is 5.92 Å². The number of halogens is 2. The van der Waals surface area contributed by atoms with Gasteiger partial charge < -0.3 is 24.8 Å². The first-order valence-electron chi connectivity index (χ1n) is 14.1. The molecule has 218 valence electrons. The van der Waals surface area contributed by atoms with Gasteiger partial charge in [-0.05, 0) is 39.5 Å². The summed E-state index contributed by atoms with van der Waals surface area (Å²) in [6, 6.07) is 0. The van der Waals surface area contributed by atoms with Crippen LogP contribution < -0.4 is 10.2 Å². The summed E-state index contributed by atoms with van der Waals surface area (Å²) in [6.45, 7) is 15.0. The van der Waals surface area contributed by atoms with Crippen LogP contribution >= 0.6 is 0 Å². The number of piperazine rings is 2. The molecule has 1 aromatic rings. The van der Waals surface area contributed by atoms with E-state index in [0.29, 0.717) is 82.7 Å². The van der Waals surface area contributed by atoms with Crippen LogP contribution in [0.1, 0.15) is 58.7 Å². The molecule has 12 heteroatoms. The zero-order valence-corrected chi connectivity index (χ0v) is 23.9. The lowest BCUT2D eigenvalue weighted by molar-refractivity contribution is -0.134. The van der Waals surface area contributed by atoms with E-state index in [4.69, 9.17) is 4.74 Å². The summed E-state index contributed by atoms with van der Waals surface area (Å²) in [5.41, 5.74) is -0.158. The second-order valence-corrected chi connectivity index (χ2v) is 12.1. The summed E-state index contributed by atoms with van der Waals surface area (Å²) in [5, 5.41) is 3.14. The number of carbonyl (C=O) groups is 2. The molecule has 0 bridgehead atoms. The molecule has 39 heavy (non-hydrogen) atoms. The monoisotopic (exact) mass is 551 g/mol. The van der Waals surface area contributed by atoms with Crippen molar-refractivity contribution in [1.82, 2.24) is 24.7 Å². The van der Waals surface area contributed by atoms with Gasteiger partial charge in [-0.1, -0.05) is 13.8 Å². The lowest BCUT2D eigenvalue weighted by Gasteiger charge is -2.38. The molecule has 0 saturated carbocycles. The Labute approximate surface area is 230 Å². The fourth-order valence-electron chi connectivity index (χ4n) is 5.09. The number of carbonyl (C=O) groups excluding carboxylic acids is 2. The maximum absolute atomic E-state index is 14.6. The fourth-order valence-corrected chi connectivity index (χ4v) is 5.09. The molecule has 0 atom stereocenters. The first-order chi connectivity index (χ1) is 18.3. The Morgan fingerprint density at radius 3 is 2.26 bits per heavy atom. The molecule has 3 aliphatic rings. The third-order valence-electron chi connectivity index (χ3n) is 7.34. The number of alkyl halides is 2. The van der Waals surface area contributed by atoms with Crippen molar-refractivity contribution in [3.63, 3.8) is 0 Å². The summed E-state index contributed by atoms with van der Waals surface area (Å²) < 4.78 is 34.7. The van der Waals surface area contributed by atoms with Gasteiger partial charge in [0, 0.05) is 70.9 Å². The molecule has 1 aromatic heterocycles. The lowest BCUT2D eigenvalue weighted by Crippen LogP contribution is -2.55. The minimum atomic E-state index is -2.94. The quantitative estimate of drug-likeness (QED) is 0.553. The number of anilines is 2. The molecule has 1 aliphatic carbocycles. The maximum Gasteiger partial charge on any atom is 0.410 e. The van der Waals surface area contributed by atoms with Crippen molar-refractivity contribution in [2.45, 2.75) is 65.4 Å². The molecular weight excluding hydrogens is 508 g/mol. The van der Waals surface area contributed by atoms with E-state index < -0.39 is 11.5 Å². The lowest BCUT2D eigenvalue weighted by atomic mass is 10.1. The zero-order valence-electron chi connectivity index (χ0n) is 23.9. The Balaban J connectivity index is 1.31. The van der Waals surface area contributed by atoms with Crippen molar-refractivity contribution in [1.29, 1.82) is 0 Å². The summed E-state index contributed by atoms with van der Waals surface area (Å²) in [7, 11) is 0. The van der Waals surface area contributed by atoms with Crippen molar-refractivity contribution < 1.29 is 23.1 Å². The van der Waals surface area contributed by atoms with Gasteiger partial charge in [-0.25, -0.2) is 9.78 Å². The molecule has 2 fully saturated rings. The smallest absolute Gasteiger partial charge is 0.410 e. The second kappa shape index (κ2) is 11.8. The standard InChI is InChI=1S/C27H43F2N7O3/c1-19(2)7-9-30-24-31-22-20(6-8-27(22,28)29)23(32-24)35-12-10-33(11-13-35)18-21(37)34-14-16-36(17-15-34)25(38)39-26(3,4)5/h19H,6-18H2,1-5H3,(H,30,31,32). The molecule has 0 spiro atoms. The highest BCUT2D eigenvalue weighted by molar-refractivity contribution is 5.79. The van der Waals surface area contributed by atoms with Crippen LogP contribution in [0.3, 0.4) is 0 Å². The second-order valence-electron chi connectivity index (χ2n) is 12.1. The molecular formula is C27H43F2N7O3. The van der Waals surface area contributed by atoms with Crippen LogP contribution in [0.2, 0.25) is 0 Å². The predicted molar refractivity (Wildman–Crippen MR) is 145 cm³/mol. The summed E-state index contributed by atoms with van der Waals surface area (Å²) in [4.78, 5) is 41.7. The molecule has 2 aliphatic heterocycles. The molecule has 2 saturated heterocycles. The molecule has 1 N–H and O–H groups in total. The third kappa shape index (κ3) is 7.46. The minimum Gasteiger partial charge on any atom is -0.444 e. The summed E-state index contributed by atoms with van der Waals surface area (Å²) in [6.07, 6.45) is 0.570. The van der Waals surface area contributed by atoms with Gasteiger partial charge >= 0.3 is 6.09 Å². The van der Waals surface area contributed by atoms with Crippen LogP contribution in [-0.2, 0) is 21.9 Å². The van der Waals surface area contributed by atoms with E-state index >= 15 is 0 Å². The number of nitrogens with one attached hydrogen (secondary N) is 1. The Morgan fingerprint density at radius 2 is 1.64 bits per heavy atom. The Kier molecular flexibility index (Phi) is 8.82. The van der Waals surface area contributed by atoms with E-state index in [-0.39, 0.29) is 36.5 Å². The first kappa shape index (κ1) is 29.2. The van der Waals surface area contributed by atoms with Gasteiger partial charge in [-0.15, -0.1) is 0 Å². The summed E-state index contributed by atoms with van der Waals surface area (Å²) >= 11 is 0. The van der Waals surface area contributed by atoms with E-state index in [1.54, 1.807) is 9.80 Å². The third-order valence-corrected chi connectivity index (χ3v) is 7.34. The minimum absolute atomic E-state index is 0.0338. The van der Waals surface area contributed by atoms with E-state index in [0.717, 1.165) is 6.42 Å². The SMILES string of the molecule is CC(C)CCNc1nc(N2CCN(CC(=O)N3CCN(C(=O)OC(C)(C)C)CC3)CC2)c2c(n1)C(F)(F)CC2. The number of rotatable bonds is 7. The Hall–Kier alpha value is -2.76. The van der Waals surface area contributed by atoms with Gasteiger partial charge in [0.15, 0.2) is 0 Å². The van der Waals surface area contributed by atoms with Crippen molar-refractivity contribution in [3.05, 3.63) is 11.3 Å². The fraction of sp³-hybridized carbons (Fsp3) is 0.778. The first-order valence-corrected chi connectivity index (χ1v) is 14.1. The van der Waals surface area contributed by atoms with Crippen LogP contribution in [-0.4, -0.2) is 108 Å². The van der Waals surface area contributed by atoms with Gasteiger partial charge in [0.2, 0.25) is 11.9 Å². The van der Waals surface area contributed by atoms with Gasteiger partial charge in [0.25, 0.3) is 5.92 Å². The average Bonchev–Trinajstić information content (AvgIpc) is 3.17. The molecule has 10 nitrogen and oxygen atoms in total. The molecule has 0 radical (unpaired) electrons. The normalized spacial score (nSPS) is 19.8. The van der Waals surface area contributed by atoms with Crippen LogP contribution in [0.5, 0.6) is 0 Å². The zero-order chi connectivity index (χ0) is 28.4. The topological polar surface area (TPSA) is 94.1 Å². The van der Waals surface area contributed by atoms with E-state index in [9.17, 15) is 18.4 Å². The highest BCUT2D eigenvalue weighted by Gasteiger charge is 2.44. The highest BCUT2D eigenvalue weighted by Crippen LogP contribution is 2.44. The van der Waals surface area contributed by atoms with E-state index in [1.165, 1.54) is 0 Å². The summed E-state index contributed by atoms with van der Waals surface area (Å²) in [5.74, 6) is -1.57. The molecule has 4 rings (SSSR count). The number of fused-ring (bicyclic) bond motifs is 1. The van der Waals surface area contributed by atoms with Crippen molar-refractivity contribution in [3.8, 4) is 0 Å². The van der Waals surface area contributed by atoms with E-state index in [2.05, 4.69) is 38.9 Å². The number of hydrogen-bond acceptors (Lipinski definition) is 8. The molecule has 3 heterocycles. The van der Waals surface area contributed by atoms with Crippen molar-refractivity contribution >= 4 is 23.8 Å². The molecule has 2 amide bonds. The van der Waals surface area contributed by atoms with Crippen LogP contribution in [0.15, 0.2) is 0 Å². The maximum atomic E-state index is 14.6. The van der Waals surface area contributed by atoms with Crippen molar-refractivity contribution in [2.75, 3.05) is 75.7 Å². The van der Waals surface area contributed by atoms with E-state index in [1.807, 2.05) is 20.8 Å². The largest absolute Gasteiger partial charge is 0.444 e. The number of ether oxygens (including phenoxy) is 1. The number of hydrogen-bond donors (Lipinski definition) is 1. The Bertz CT molecular complexity index is 1030. The predicted octanol–water partition coefficient (Wildman–Crippen LogP) is 3.17. The number of amides is 2. The Morgan fingerprint density at radius 1 is 1.00 bits per heavy atom. The molecule has 0 aromatic carbocycles. The van der Waals surface area contributed by atoms with Crippen LogP contribution in [0, 0.1) is 5.92 Å². The molecule has 0 unspecified atom stereocenters. The van der Waals surface area contributed by atoms with Gasteiger partial charge in [-0.3, -0.25) is 9.69 Å². The highest BCUT2D eigenvalue weighted by atomic mass is 19.3.